The molecule has 0 radical (unpaired) electrons. The van der Waals surface area contributed by atoms with E-state index < -0.39 is 0 Å². The Hall–Kier alpha value is -1.06. The predicted octanol–water partition coefficient (Wildman–Crippen LogP) is 2.61. The van der Waals surface area contributed by atoms with Crippen LogP contribution in [-0.2, 0) is 16.1 Å². The highest BCUT2D eigenvalue weighted by atomic mass is 35.5. The molecule has 0 saturated carbocycles. The van der Waals surface area contributed by atoms with Crippen molar-refractivity contribution in [3.63, 3.8) is 0 Å². The maximum absolute atomic E-state index is 10.7. The molecule has 0 spiro atoms. The second-order valence-corrected chi connectivity index (χ2v) is 3.94. The number of ether oxygens (including phenoxy) is 2. The summed E-state index contributed by atoms with van der Waals surface area (Å²) in [6, 6.07) is 7.59. The molecule has 3 nitrogen and oxygen atoms in total. The van der Waals surface area contributed by atoms with Gasteiger partial charge >= 0.3 is 0 Å². The molecular formula is C12H15ClO3. The number of hydrogen-bond acceptors (Lipinski definition) is 3. The smallest absolute Gasteiger partial charge is 0.226 e. The van der Waals surface area contributed by atoms with Gasteiger partial charge in [-0.25, -0.2) is 0 Å². The van der Waals surface area contributed by atoms with E-state index in [4.69, 9.17) is 21.1 Å². The molecule has 1 aromatic rings. The normalized spacial score (nSPS) is 12.2. The van der Waals surface area contributed by atoms with Crippen molar-refractivity contribution in [2.24, 2.45) is 5.92 Å². The van der Waals surface area contributed by atoms with E-state index >= 15 is 0 Å². The van der Waals surface area contributed by atoms with Crippen molar-refractivity contribution in [2.45, 2.75) is 13.5 Å². The van der Waals surface area contributed by atoms with E-state index in [0.29, 0.717) is 13.2 Å². The van der Waals surface area contributed by atoms with E-state index in [1.54, 1.807) is 14.0 Å². The number of carbonyl (C=O) groups is 1. The highest BCUT2D eigenvalue weighted by Gasteiger charge is 2.09. The van der Waals surface area contributed by atoms with E-state index in [-0.39, 0.29) is 11.2 Å². The van der Waals surface area contributed by atoms with E-state index in [0.717, 1.165) is 11.3 Å². The molecular weight excluding hydrogens is 228 g/mol. The van der Waals surface area contributed by atoms with Crippen LogP contribution in [0, 0.1) is 5.92 Å². The van der Waals surface area contributed by atoms with Gasteiger partial charge in [0.05, 0.1) is 26.2 Å². The Morgan fingerprint density at radius 1 is 1.38 bits per heavy atom. The van der Waals surface area contributed by atoms with Crippen molar-refractivity contribution >= 4 is 16.8 Å². The summed E-state index contributed by atoms with van der Waals surface area (Å²) in [6.07, 6.45) is 0. The first-order valence-electron chi connectivity index (χ1n) is 5.03. The van der Waals surface area contributed by atoms with Gasteiger partial charge in [0.2, 0.25) is 5.24 Å². The van der Waals surface area contributed by atoms with Crippen LogP contribution in [0.2, 0.25) is 0 Å². The molecule has 0 N–H and O–H groups in total. The maximum Gasteiger partial charge on any atom is 0.226 e. The van der Waals surface area contributed by atoms with Gasteiger partial charge < -0.3 is 9.47 Å². The van der Waals surface area contributed by atoms with Crippen molar-refractivity contribution in [1.82, 2.24) is 0 Å². The molecule has 0 aromatic heterocycles. The van der Waals surface area contributed by atoms with E-state index in [9.17, 15) is 4.79 Å². The van der Waals surface area contributed by atoms with Gasteiger partial charge in [-0.1, -0.05) is 19.1 Å². The number of carbonyl (C=O) groups excluding carboxylic acids is 1. The highest BCUT2D eigenvalue weighted by Crippen LogP contribution is 2.12. The number of methoxy groups -OCH3 is 1. The lowest BCUT2D eigenvalue weighted by atomic mass is 10.2. The maximum atomic E-state index is 10.7. The van der Waals surface area contributed by atoms with Crippen LogP contribution in [0.3, 0.4) is 0 Å². The van der Waals surface area contributed by atoms with Crippen molar-refractivity contribution in [3.05, 3.63) is 29.8 Å². The molecule has 0 unspecified atom stereocenters. The second-order valence-electron chi connectivity index (χ2n) is 3.57. The van der Waals surface area contributed by atoms with Gasteiger partial charge in [0.25, 0.3) is 0 Å². The fourth-order valence-electron chi connectivity index (χ4n) is 1.14. The summed E-state index contributed by atoms with van der Waals surface area (Å²) >= 11 is 5.31. The third-order valence-electron chi connectivity index (χ3n) is 2.18. The summed E-state index contributed by atoms with van der Waals surface area (Å²) in [6.45, 7) is 2.55. The van der Waals surface area contributed by atoms with Gasteiger partial charge in [-0.05, 0) is 29.3 Å². The van der Waals surface area contributed by atoms with Crippen LogP contribution in [0.5, 0.6) is 5.75 Å². The summed E-state index contributed by atoms with van der Waals surface area (Å²) in [5.74, 6) is 0.549. The molecule has 0 saturated heterocycles. The zero-order valence-electron chi connectivity index (χ0n) is 9.40. The Morgan fingerprint density at radius 2 is 2.00 bits per heavy atom. The summed E-state index contributed by atoms with van der Waals surface area (Å²) in [7, 11) is 1.62. The quantitative estimate of drug-likeness (QED) is 0.720. The Bertz CT molecular complexity index is 335. The Morgan fingerprint density at radius 3 is 2.50 bits per heavy atom. The molecule has 1 atom stereocenters. The van der Waals surface area contributed by atoms with Crippen molar-refractivity contribution in [3.8, 4) is 5.75 Å². The van der Waals surface area contributed by atoms with Crippen LogP contribution in [0.1, 0.15) is 12.5 Å². The lowest BCUT2D eigenvalue weighted by molar-refractivity contribution is -0.116. The molecule has 0 amide bonds. The molecule has 16 heavy (non-hydrogen) atoms. The Kier molecular flexibility index (Phi) is 5.29. The zero-order chi connectivity index (χ0) is 12.0. The summed E-state index contributed by atoms with van der Waals surface area (Å²) in [5, 5.41) is -0.366. The topological polar surface area (TPSA) is 35.5 Å². The molecule has 0 bridgehead atoms. The molecule has 0 heterocycles. The number of halogens is 1. The van der Waals surface area contributed by atoms with Crippen LogP contribution >= 0.6 is 11.6 Å². The summed E-state index contributed by atoms with van der Waals surface area (Å²) in [5.41, 5.74) is 1.04. The minimum absolute atomic E-state index is 0.264. The first-order chi connectivity index (χ1) is 7.63. The monoisotopic (exact) mass is 242 g/mol. The molecule has 0 aliphatic heterocycles. The third-order valence-corrected chi connectivity index (χ3v) is 2.56. The van der Waals surface area contributed by atoms with Gasteiger partial charge in [-0.3, -0.25) is 4.79 Å². The molecule has 0 aliphatic carbocycles. The summed E-state index contributed by atoms with van der Waals surface area (Å²) < 4.78 is 10.4. The largest absolute Gasteiger partial charge is 0.497 e. The first-order valence-corrected chi connectivity index (χ1v) is 5.41. The van der Waals surface area contributed by atoms with Crippen LogP contribution < -0.4 is 4.74 Å². The van der Waals surface area contributed by atoms with Gasteiger partial charge in [0.1, 0.15) is 5.75 Å². The Labute approximate surface area is 100 Å². The molecule has 1 rings (SSSR count). The molecule has 0 fully saturated rings. The fourth-order valence-corrected chi connectivity index (χ4v) is 1.20. The first kappa shape index (κ1) is 13.0. The number of benzene rings is 1. The van der Waals surface area contributed by atoms with E-state index in [1.165, 1.54) is 0 Å². The molecule has 4 heteroatoms. The molecule has 0 aliphatic rings. The summed E-state index contributed by atoms with van der Waals surface area (Å²) in [4.78, 5) is 10.7. The van der Waals surface area contributed by atoms with Gasteiger partial charge in [0.15, 0.2) is 0 Å². The minimum Gasteiger partial charge on any atom is -0.497 e. The average Bonchev–Trinajstić information content (AvgIpc) is 2.29. The van der Waals surface area contributed by atoms with Gasteiger partial charge in [0, 0.05) is 0 Å². The average molecular weight is 243 g/mol. The Balaban J connectivity index is 2.34. The van der Waals surface area contributed by atoms with Crippen molar-refractivity contribution in [2.75, 3.05) is 13.7 Å². The van der Waals surface area contributed by atoms with Gasteiger partial charge in [-0.2, -0.15) is 0 Å². The number of rotatable bonds is 6. The van der Waals surface area contributed by atoms with Crippen LogP contribution in [0.15, 0.2) is 24.3 Å². The highest BCUT2D eigenvalue weighted by molar-refractivity contribution is 6.63. The van der Waals surface area contributed by atoms with E-state index in [1.807, 2.05) is 24.3 Å². The molecule has 88 valence electrons. The van der Waals surface area contributed by atoms with Crippen molar-refractivity contribution < 1.29 is 14.3 Å². The van der Waals surface area contributed by atoms with E-state index in [2.05, 4.69) is 0 Å². The third kappa shape index (κ3) is 4.21. The predicted molar refractivity (Wildman–Crippen MR) is 62.7 cm³/mol. The standard InChI is InChI=1S/C12H15ClO3/c1-9(12(13)14)7-16-8-10-3-5-11(15-2)6-4-10/h3-6,9H,7-8H2,1-2H3/t9-/m0/s1. The fraction of sp³-hybridized carbons (Fsp3) is 0.417. The van der Waals surface area contributed by atoms with Gasteiger partial charge in [-0.15, -0.1) is 0 Å². The molecule has 1 aromatic carbocycles. The van der Waals surface area contributed by atoms with Crippen LogP contribution in [-0.4, -0.2) is 19.0 Å². The van der Waals surface area contributed by atoms with Crippen LogP contribution in [0.4, 0.5) is 0 Å². The minimum atomic E-state index is -0.366. The number of hydrogen-bond donors (Lipinski definition) is 0. The lowest BCUT2D eigenvalue weighted by Crippen LogP contribution is -2.11. The SMILES string of the molecule is COc1ccc(COC[C@H](C)C(=O)Cl)cc1. The second kappa shape index (κ2) is 6.51. The lowest BCUT2D eigenvalue weighted by Gasteiger charge is -2.08. The van der Waals surface area contributed by atoms with Crippen LogP contribution in [0.25, 0.3) is 0 Å². The zero-order valence-corrected chi connectivity index (χ0v) is 10.2. The van der Waals surface area contributed by atoms with Crippen molar-refractivity contribution in [1.29, 1.82) is 0 Å².